The van der Waals surface area contributed by atoms with Gasteiger partial charge in [-0.05, 0) is 25.5 Å². The average molecular weight is 279 g/mol. The number of benzene rings is 1. The van der Waals surface area contributed by atoms with Crippen LogP contribution in [0.15, 0.2) is 18.2 Å². The summed E-state index contributed by atoms with van der Waals surface area (Å²) in [4.78, 5) is 25.7. The zero-order valence-electron chi connectivity index (χ0n) is 11.6. The first-order chi connectivity index (χ1) is 9.39. The number of amides is 2. The zero-order chi connectivity index (χ0) is 14.9. The smallest absolute Gasteiger partial charge is 0.256 e. The van der Waals surface area contributed by atoms with E-state index in [9.17, 15) is 14.0 Å². The van der Waals surface area contributed by atoms with Crippen molar-refractivity contribution < 1.29 is 14.0 Å². The number of nitrogens with one attached hydrogen (secondary N) is 1. The molecule has 1 unspecified atom stereocenters. The highest BCUT2D eigenvalue weighted by Gasteiger charge is 2.41. The maximum atomic E-state index is 13.4. The molecule has 6 heteroatoms. The summed E-state index contributed by atoms with van der Waals surface area (Å²) in [6, 6.07) is 4.16. The largest absolute Gasteiger partial charge is 0.396 e. The average Bonchev–Trinajstić information content (AvgIpc) is 2.84. The highest BCUT2D eigenvalue weighted by molar-refractivity contribution is 6.00. The minimum atomic E-state index is -0.607. The Kier molecular flexibility index (Phi) is 3.65. The van der Waals surface area contributed by atoms with E-state index in [2.05, 4.69) is 5.32 Å². The van der Waals surface area contributed by atoms with E-state index in [1.54, 1.807) is 11.9 Å². The number of para-hydroxylation sites is 1. The number of hydrogen-bond donors (Lipinski definition) is 2. The molecular formula is C14H18FN3O2. The molecule has 108 valence electrons. The van der Waals surface area contributed by atoms with Crippen molar-refractivity contribution in [3.8, 4) is 0 Å². The number of anilines is 1. The number of carbonyl (C=O) groups is 2. The molecule has 0 radical (unpaired) electrons. The lowest BCUT2D eigenvalue weighted by Crippen LogP contribution is -2.40. The molecule has 2 amide bonds. The van der Waals surface area contributed by atoms with Gasteiger partial charge in [-0.25, -0.2) is 4.39 Å². The highest BCUT2D eigenvalue weighted by Crippen LogP contribution is 2.31. The Morgan fingerprint density at radius 2 is 2.15 bits per heavy atom. The SMILES string of the molecule is CNC(=O)C1(C)CCN(C(=O)c2cccc(F)c2N)C1. The standard InChI is InChI=1S/C14H18FN3O2/c1-14(13(20)17-2)6-7-18(8-14)12(19)9-4-3-5-10(15)11(9)16/h3-5H,6-8,16H2,1-2H3,(H,17,20). The van der Waals surface area contributed by atoms with Crippen LogP contribution in [0.1, 0.15) is 23.7 Å². The Balaban J connectivity index is 2.20. The molecule has 3 N–H and O–H groups in total. The quantitative estimate of drug-likeness (QED) is 0.793. The van der Waals surface area contributed by atoms with Crippen molar-refractivity contribution in [1.82, 2.24) is 10.2 Å². The zero-order valence-corrected chi connectivity index (χ0v) is 11.6. The summed E-state index contributed by atoms with van der Waals surface area (Å²) in [5.74, 6) is -1.04. The van der Waals surface area contributed by atoms with Crippen molar-refractivity contribution in [2.45, 2.75) is 13.3 Å². The van der Waals surface area contributed by atoms with E-state index >= 15 is 0 Å². The van der Waals surface area contributed by atoms with Gasteiger partial charge in [0.05, 0.1) is 16.7 Å². The van der Waals surface area contributed by atoms with Gasteiger partial charge in [0, 0.05) is 20.1 Å². The molecule has 0 spiro atoms. The summed E-state index contributed by atoms with van der Waals surface area (Å²) in [7, 11) is 1.57. The van der Waals surface area contributed by atoms with Gasteiger partial charge in [0.25, 0.3) is 5.91 Å². The molecule has 1 fully saturated rings. The van der Waals surface area contributed by atoms with E-state index in [0.717, 1.165) is 0 Å². The summed E-state index contributed by atoms with van der Waals surface area (Å²) >= 11 is 0. The van der Waals surface area contributed by atoms with Crippen LogP contribution in [0.25, 0.3) is 0 Å². The third-order valence-corrected chi connectivity index (χ3v) is 3.82. The molecule has 0 aliphatic carbocycles. The van der Waals surface area contributed by atoms with Crippen molar-refractivity contribution in [2.75, 3.05) is 25.9 Å². The number of nitrogen functional groups attached to an aromatic ring is 1. The van der Waals surface area contributed by atoms with Crippen molar-refractivity contribution >= 4 is 17.5 Å². The van der Waals surface area contributed by atoms with Crippen LogP contribution in [-0.4, -0.2) is 36.9 Å². The molecule has 1 saturated heterocycles. The Labute approximate surface area is 116 Å². The lowest BCUT2D eigenvalue weighted by atomic mass is 9.89. The number of rotatable bonds is 2. The molecule has 1 aliphatic heterocycles. The van der Waals surface area contributed by atoms with Gasteiger partial charge < -0.3 is 16.0 Å². The summed E-state index contributed by atoms with van der Waals surface area (Å²) < 4.78 is 13.4. The molecule has 1 aromatic rings. The fraction of sp³-hybridized carbons (Fsp3) is 0.429. The molecule has 0 saturated carbocycles. The fourth-order valence-electron chi connectivity index (χ4n) is 2.52. The third-order valence-electron chi connectivity index (χ3n) is 3.82. The van der Waals surface area contributed by atoms with E-state index < -0.39 is 11.2 Å². The van der Waals surface area contributed by atoms with Gasteiger partial charge in [-0.2, -0.15) is 0 Å². The molecule has 1 aliphatic rings. The molecule has 2 rings (SSSR count). The van der Waals surface area contributed by atoms with Crippen LogP contribution < -0.4 is 11.1 Å². The molecule has 1 aromatic carbocycles. The van der Waals surface area contributed by atoms with Crippen molar-refractivity contribution in [1.29, 1.82) is 0 Å². The van der Waals surface area contributed by atoms with Crippen LogP contribution >= 0.6 is 0 Å². The van der Waals surface area contributed by atoms with Crippen molar-refractivity contribution in [3.05, 3.63) is 29.6 Å². The lowest BCUT2D eigenvalue weighted by Gasteiger charge is -2.23. The number of halogens is 1. The number of nitrogens with two attached hydrogens (primary N) is 1. The van der Waals surface area contributed by atoms with Crippen LogP contribution in [0.3, 0.4) is 0 Å². The first kappa shape index (κ1) is 14.3. The van der Waals surface area contributed by atoms with Gasteiger partial charge in [-0.3, -0.25) is 9.59 Å². The van der Waals surface area contributed by atoms with E-state index in [1.165, 1.54) is 18.2 Å². The molecule has 5 nitrogen and oxygen atoms in total. The van der Waals surface area contributed by atoms with E-state index in [4.69, 9.17) is 5.73 Å². The topological polar surface area (TPSA) is 75.4 Å². The Morgan fingerprint density at radius 3 is 2.80 bits per heavy atom. The van der Waals surface area contributed by atoms with Gasteiger partial charge in [0.15, 0.2) is 0 Å². The second-order valence-electron chi connectivity index (χ2n) is 5.32. The molecule has 0 aromatic heterocycles. The molecule has 1 heterocycles. The van der Waals surface area contributed by atoms with Crippen LogP contribution in [0.4, 0.5) is 10.1 Å². The van der Waals surface area contributed by atoms with Gasteiger partial charge in [-0.1, -0.05) is 6.07 Å². The summed E-state index contributed by atoms with van der Waals surface area (Å²) in [6.45, 7) is 2.58. The van der Waals surface area contributed by atoms with Crippen LogP contribution in [-0.2, 0) is 4.79 Å². The number of nitrogens with zero attached hydrogens (tertiary/aromatic N) is 1. The van der Waals surface area contributed by atoms with Crippen molar-refractivity contribution in [2.24, 2.45) is 5.41 Å². The molecular weight excluding hydrogens is 261 g/mol. The summed E-state index contributed by atoms with van der Waals surface area (Å²) in [5.41, 5.74) is 5.00. The van der Waals surface area contributed by atoms with E-state index in [-0.39, 0.29) is 23.1 Å². The molecule has 20 heavy (non-hydrogen) atoms. The van der Waals surface area contributed by atoms with E-state index in [0.29, 0.717) is 19.5 Å². The summed E-state index contributed by atoms with van der Waals surface area (Å²) in [6.07, 6.45) is 0.577. The maximum Gasteiger partial charge on any atom is 0.256 e. The van der Waals surface area contributed by atoms with Crippen LogP contribution in [0.2, 0.25) is 0 Å². The van der Waals surface area contributed by atoms with Gasteiger partial charge >= 0.3 is 0 Å². The Bertz CT molecular complexity index is 561. The minimum Gasteiger partial charge on any atom is -0.396 e. The monoisotopic (exact) mass is 279 g/mol. The maximum absolute atomic E-state index is 13.4. The number of carbonyl (C=O) groups excluding carboxylic acids is 2. The predicted molar refractivity (Wildman–Crippen MR) is 73.5 cm³/mol. The first-order valence-electron chi connectivity index (χ1n) is 6.44. The number of hydrogen-bond acceptors (Lipinski definition) is 3. The highest BCUT2D eigenvalue weighted by atomic mass is 19.1. The van der Waals surface area contributed by atoms with Crippen LogP contribution in [0, 0.1) is 11.2 Å². The molecule has 1 atom stereocenters. The normalized spacial score (nSPS) is 21.9. The third kappa shape index (κ3) is 2.33. The minimum absolute atomic E-state index is 0.0972. The second kappa shape index (κ2) is 5.11. The number of likely N-dealkylation sites (tertiary alicyclic amines) is 1. The summed E-state index contributed by atoms with van der Waals surface area (Å²) in [5, 5.41) is 2.61. The second-order valence-corrected chi connectivity index (χ2v) is 5.32. The van der Waals surface area contributed by atoms with E-state index in [1.807, 2.05) is 6.92 Å². The Morgan fingerprint density at radius 1 is 1.45 bits per heavy atom. The van der Waals surface area contributed by atoms with Crippen molar-refractivity contribution in [3.63, 3.8) is 0 Å². The van der Waals surface area contributed by atoms with Gasteiger partial charge in [0.2, 0.25) is 5.91 Å². The molecule has 0 bridgehead atoms. The van der Waals surface area contributed by atoms with Gasteiger partial charge in [-0.15, -0.1) is 0 Å². The predicted octanol–water partition coefficient (Wildman–Crippen LogP) is 1.01. The fourth-order valence-corrected chi connectivity index (χ4v) is 2.52. The Hall–Kier alpha value is -2.11. The van der Waals surface area contributed by atoms with Crippen LogP contribution in [0.5, 0.6) is 0 Å². The van der Waals surface area contributed by atoms with Gasteiger partial charge in [0.1, 0.15) is 5.82 Å². The lowest BCUT2D eigenvalue weighted by molar-refractivity contribution is -0.128. The first-order valence-corrected chi connectivity index (χ1v) is 6.44.